The summed E-state index contributed by atoms with van der Waals surface area (Å²) >= 11 is 15.1. The Balaban J connectivity index is 0.882. The van der Waals surface area contributed by atoms with Crippen molar-refractivity contribution in [2.45, 2.75) is 94.4 Å². The Morgan fingerprint density at radius 1 is 0.790 bits per heavy atom. The zero-order chi connectivity index (χ0) is 43.1. The van der Waals surface area contributed by atoms with Crippen molar-refractivity contribution in [2.75, 3.05) is 20.3 Å². The Bertz CT molecular complexity index is 2290. The van der Waals surface area contributed by atoms with Gasteiger partial charge in [-0.1, -0.05) is 91.0 Å². The number of carbonyl (C=O) groups is 4. The minimum atomic E-state index is -0.722. The smallest absolute Gasteiger partial charge is 0.417 e. The van der Waals surface area contributed by atoms with Gasteiger partial charge >= 0.3 is 12.2 Å². The highest BCUT2D eigenvalue weighted by molar-refractivity contribution is 14.1. The molecule has 2 aromatic heterocycles. The van der Waals surface area contributed by atoms with E-state index in [1.807, 2.05) is 53.4 Å². The highest BCUT2D eigenvalue weighted by Crippen LogP contribution is 2.54. The largest absolute Gasteiger partial charge is 0.453 e. The normalized spacial score (nSPS) is 22.5. The molecule has 4 heterocycles. The van der Waals surface area contributed by atoms with E-state index >= 15 is 0 Å². The monoisotopic (exact) mass is 998 g/mol. The van der Waals surface area contributed by atoms with Gasteiger partial charge in [0.2, 0.25) is 11.8 Å². The number of nitrogens with zero attached hydrogens (tertiary/aromatic N) is 3. The third kappa shape index (κ3) is 9.15. The van der Waals surface area contributed by atoms with E-state index in [4.69, 9.17) is 45.7 Å². The molecule has 6 atom stereocenters. The first-order valence-electron chi connectivity index (χ1n) is 21.4. The van der Waals surface area contributed by atoms with Crippen molar-refractivity contribution in [2.24, 2.45) is 23.7 Å². The molecule has 5 N–H and O–H groups in total. The number of carbonyl (C=O) groups excluding carboxylic acids is 4. The Kier molecular flexibility index (Phi) is 12.7. The van der Waals surface area contributed by atoms with E-state index in [-0.39, 0.29) is 35.7 Å². The number of likely N-dealkylation sites (tertiary alicyclic amines) is 1. The van der Waals surface area contributed by atoms with Gasteiger partial charge in [0.25, 0.3) is 0 Å². The number of halogens is 3. The Labute approximate surface area is 383 Å². The Hall–Kier alpha value is -4.39. The average Bonchev–Trinajstić information content (AvgIpc) is 4.13. The first-order chi connectivity index (χ1) is 30.1. The van der Waals surface area contributed by atoms with Gasteiger partial charge in [-0.15, -0.1) is 0 Å². The van der Waals surface area contributed by atoms with Gasteiger partial charge in [0.15, 0.2) is 23.0 Å². The first-order valence-corrected chi connectivity index (χ1v) is 23.1. The van der Waals surface area contributed by atoms with Crippen molar-refractivity contribution in [3.8, 4) is 33.6 Å². The molecule has 4 aromatic rings. The number of imidazole rings is 2. The number of methoxy groups -OCH3 is 1. The summed E-state index contributed by atoms with van der Waals surface area (Å²) in [6, 6.07) is 14.0. The predicted octanol–water partition coefficient (Wildman–Crippen LogP) is 8.46. The number of aromatic amines is 2. The molecular formula is C44H49Cl2IN8O7. The molecule has 3 aliphatic carbocycles. The zero-order valence-corrected chi connectivity index (χ0v) is 37.8. The standard InChI is InChI=1S/C44H49Cl2IN8O7/c1-60-43(58)51-35(25-3-2-4-25)41(56)48-30(19-22-5-6-22)39-49-33(37(45)53-39)26-11-7-23(8-12-26)24-9-13-27(14-10-24)34-38(46)54-40(50-34)32-21-29-20-31(29)55(32)42(57)36(52-44(59)62-47)28-15-17-61-18-16-28/h7-14,22,25,28-32,35-36H,2-6,15-21H2,1H3,(H,48,56)(H,49,53)(H,50,54)(H,51,58)(H,52,59)/t29?,30-,31?,32-,35-,36-/m0/s1. The number of hydrogen-bond donors (Lipinski definition) is 5. The second-order valence-corrected chi connectivity index (χ2v) is 18.5. The highest BCUT2D eigenvalue weighted by atomic mass is 127. The van der Waals surface area contributed by atoms with Crippen molar-refractivity contribution in [3.63, 3.8) is 0 Å². The van der Waals surface area contributed by atoms with Crippen LogP contribution >= 0.6 is 46.2 Å². The molecule has 15 nitrogen and oxygen atoms in total. The summed E-state index contributed by atoms with van der Waals surface area (Å²) in [4.78, 5) is 70.6. The quantitative estimate of drug-likeness (QED) is 0.0772. The molecule has 5 aliphatic rings. The predicted molar refractivity (Wildman–Crippen MR) is 239 cm³/mol. The number of hydrogen-bond acceptors (Lipinski definition) is 9. The highest BCUT2D eigenvalue weighted by Gasteiger charge is 2.57. The Morgan fingerprint density at radius 3 is 1.98 bits per heavy atom. The molecule has 328 valence electrons. The zero-order valence-electron chi connectivity index (χ0n) is 34.1. The van der Waals surface area contributed by atoms with Crippen LogP contribution in [0.3, 0.4) is 0 Å². The van der Waals surface area contributed by atoms with Crippen molar-refractivity contribution in [1.29, 1.82) is 0 Å². The molecule has 2 unspecified atom stereocenters. The third-order valence-corrected chi connectivity index (χ3v) is 14.2. The maximum absolute atomic E-state index is 14.3. The molecule has 2 aliphatic heterocycles. The third-order valence-electron chi connectivity index (χ3n) is 13.3. The fraction of sp³-hybridized carbons (Fsp3) is 0.500. The van der Waals surface area contributed by atoms with E-state index in [0.29, 0.717) is 71.2 Å². The number of amides is 4. The number of alkyl carbamates (subject to hydrolysis) is 1. The van der Waals surface area contributed by atoms with Gasteiger partial charge in [-0.25, -0.2) is 19.6 Å². The molecule has 9 rings (SSSR count). The van der Waals surface area contributed by atoms with Crippen LogP contribution in [-0.4, -0.2) is 87.3 Å². The summed E-state index contributed by atoms with van der Waals surface area (Å²) in [5, 5.41) is 9.49. The summed E-state index contributed by atoms with van der Waals surface area (Å²) in [5.41, 5.74) is 4.81. The molecular weight excluding hydrogens is 950 g/mol. The lowest BCUT2D eigenvalue weighted by molar-refractivity contribution is -0.138. The van der Waals surface area contributed by atoms with Crippen LogP contribution in [0.25, 0.3) is 33.6 Å². The van der Waals surface area contributed by atoms with E-state index in [2.05, 4.69) is 25.9 Å². The van der Waals surface area contributed by atoms with Crippen LogP contribution < -0.4 is 16.0 Å². The number of fused-ring (bicyclic) bond motifs is 1. The van der Waals surface area contributed by atoms with Crippen LogP contribution in [0.5, 0.6) is 0 Å². The molecule has 5 fully saturated rings. The topological polar surface area (TPSA) is 193 Å². The van der Waals surface area contributed by atoms with E-state index in [1.165, 1.54) is 30.1 Å². The Morgan fingerprint density at radius 2 is 1.39 bits per heavy atom. The fourth-order valence-electron chi connectivity index (χ4n) is 9.39. The van der Waals surface area contributed by atoms with Gasteiger partial charge in [0, 0.05) is 30.4 Å². The second kappa shape index (κ2) is 18.4. The van der Waals surface area contributed by atoms with Gasteiger partial charge in [-0.05, 0) is 79.7 Å². The molecule has 62 heavy (non-hydrogen) atoms. The summed E-state index contributed by atoms with van der Waals surface area (Å²) < 4.78 is 15.2. The molecule has 18 heteroatoms. The van der Waals surface area contributed by atoms with Crippen LogP contribution in [-0.2, 0) is 22.1 Å². The lowest BCUT2D eigenvalue weighted by Gasteiger charge is -2.35. The minimum absolute atomic E-state index is 0.0589. The second-order valence-electron chi connectivity index (χ2n) is 17.3. The lowest BCUT2D eigenvalue weighted by atomic mass is 9.79. The summed E-state index contributed by atoms with van der Waals surface area (Å²) in [5.74, 6) is 1.70. The van der Waals surface area contributed by atoms with Gasteiger partial charge in [0.1, 0.15) is 45.4 Å². The van der Waals surface area contributed by atoms with Crippen LogP contribution in [0.2, 0.25) is 10.3 Å². The summed E-state index contributed by atoms with van der Waals surface area (Å²) in [6.45, 7) is 1.08. The number of benzene rings is 2. The van der Waals surface area contributed by atoms with Crippen LogP contribution in [0, 0.1) is 23.7 Å². The molecule has 0 bridgehead atoms. The molecule has 2 aromatic carbocycles. The average molecular weight is 1000 g/mol. The van der Waals surface area contributed by atoms with E-state index in [0.717, 1.165) is 73.6 Å². The summed E-state index contributed by atoms with van der Waals surface area (Å²) in [7, 11) is 1.29. The molecule has 0 radical (unpaired) electrons. The molecule has 2 saturated heterocycles. The van der Waals surface area contributed by atoms with Crippen molar-refractivity contribution < 1.29 is 31.7 Å². The van der Waals surface area contributed by atoms with E-state index < -0.39 is 30.3 Å². The SMILES string of the molecule is COC(=O)N[C@H](C(=O)N[C@@H](CC1CC1)c1nc(-c2ccc(-c3ccc(-c4nc([C@@H]5CC6CC6N5C(=O)[C@@H](NC(=O)OI)C5CCOCC5)[nH]c4Cl)cc3)cc2)c(Cl)[nH]1)C1CCC1. The number of aromatic nitrogens is 4. The molecule has 3 saturated carbocycles. The van der Waals surface area contributed by atoms with Gasteiger partial charge in [0.05, 0.1) is 19.2 Å². The maximum Gasteiger partial charge on any atom is 0.417 e. The first kappa shape index (κ1) is 42.9. The van der Waals surface area contributed by atoms with Crippen molar-refractivity contribution >= 4 is 70.2 Å². The number of piperidine rings is 1. The van der Waals surface area contributed by atoms with Crippen LogP contribution in [0.4, 0.5) is 9.59 Å². The van der Waals surface area contributed by atoms with Crippen molar-refractivity contribution in [3.05, 3.63) is 70.5 Å². The maximum atomic E-state index is 14.3. The fourth-order valence-corrected chi connectivity index (χ4v) is 10.0. The number of rotatable bonds is 14. The summed E-state index contributed by atoms with van der Waals surface area (Å²) in [6.07, 6.45) is 7.45. The van der Waals surface area contributed by atoms with Crippen LogP contribution in [0.1, 0.15) is 87.9 Å². The van der Waals surface area contributed by atoms with Gasteiger partial charge < -0.3 is 43.4 Å². The van der Waals surface area contributed by atoms with Crippen LogP contribution in [0.15, 0.2) is 48.5 Å². The van der Waals surface area contributed by atoms with Gasteiger partial charge in [-0.2, -0.15) is 0 Å². The van der Waals surface area contributed by atoms with Crippen molar-refractivity contribution in [1.82, 2.24) is 40.8 Å². The number of H-pyrrole nitrogens is 2. The minimum Gasteiger partial charge on any atom is -0.453 e. The van der Waals surface area contributed by atoms with E-state index in [9.17, 15) is 19.2 Å². The number of nitrogens with one attached hydrogen (secondary N) is 5. The molecule has 4 amide bonds. The van der Waals surface area contributed by atoms with Gasteiger partial charge in [-0.3, -0.25) is 9.59 Å². The van der Waals surface area contributed by atoms with E-state index in [1.54, 1.807) is 0 Å². The lowest BCUT2D eigenvalue weighted by Crippen LogP contribution is -2.53. The molecule has 0 spiro atoms. The number of ether oxygens (including phenoxy) is 2.